The molecular weight excluding hydrogens is 300 g/mol. The largest absolute Gasteiger partial charge is 0.371 e. The second-order valence-corrected chi connectivity index (χ2v) is 7.11. The van der Waals surface area contributed by atoms with Crippen LogP contribution < -0.4 is 15.8 Å². The Kier molecular flexibility index (Phi) is 3.00. The Bertz CT molecular complexity index is 804. The SMILES string of the molecule is CN(c1ccc(Cl)c2c(=O)n(C)ncc12)C1CC2(CNC2)C1. The van der Waals surface area contributed by atoms with Gasteiger partial charge in [-0.1, -0.05) is 11.6 Å². The van der Waals surface area contributed by atoms with Crippen molar-refractivity contribution in [3.63, 3.8) is 0 Å². The molecule has 1 spiro atoms. The molecule has 0 atom stereocenters. The Morgan fingerprint density at radius 2 is 2.14 bits per heavy atom. The fourth-order valence-corrected chi connectivity index (χ4v) is 4.02. The summed E-state index contributed by atoms with van der Waals surface area (Å²) in [6.07, 6.45) is 4.16. The number of hydrogen-bond donors (Lipinski definition) is 1. The second kappa shape index (κ2) is 4.70. The topological polar surface area (TPSA) is 50.2 Å². The van der Waals surface area contributed by atoms with Gasteiger partial charge in [-0.25, -0.2) is 4.68 Å². The Hall–Kier alpha value is -1.59. The van der Waals surface area contributed by atoms with Gasteiger partial charge in [0.1, 0.15) is 0 Å². The van der Waals surface area contributed by atoms with Gasteiger partial charge < -0.3 is 10.2 Å². The molecule has 2 fully saturated rings. The molecule has 5 nitrogen and oxygen atoms in total. The van der Waals surface area contributed by atoms with Crippen LogP contribution in [0.5, 0.6) is 0 Å². The summed E-state index contributed by atoms with van der Waals surface area (Å²) in [5, 5.41) is 9.41. The molecule has 22 heavy (non-hydrogen) atoms. The molecule has 4 rings (SSSR count). The van der Waals surface area contributed by atoms with Gasteiger partial charge in [-0.2, -0.15) is 5.10 Å². The Labute approximate surface area is 133 Å². The number of nitrogens with one attached hydrogen (secondary N) is 1. The molecule has 1 aromatic heterocycles. The number of anilines is 1. The average molecular weight is 319 g/mol. The fraction of sp³-hybridized carbons (Fsp3) is 0.500. The molecule has 0 bridgehead atoms. The lowest BCUT2D eigenvalue weighted by molar-refractivity contribution is 0.0374. The molecule has 6 heteroatoms. The monoisotopic (exact) mass is 318 g/mol. The summed E-state index contributed by atoms with van der Waals surface area (Å²) in [4.78, 5) is 14.6. The highest BCUT2D eigenvalue weighted by Gasteiger charge is 2.49. The van der Waals surface area contributed by atoms with E-state index < -0.39 is 0 Å². The van der Waals surface area contributed by atoms with Crippen LogP contribution in [0, 0.1) is 5.41 Å². The summed E-state index contributed by atoms with van der Waals surface area (Å²) in [7, 11) is 3.75. The van der Waals surface area contributed by atoms with Crippen molar-refractivity contribution in [2.24, 2.45) is 12.5 Å². The molecule has 1 aliphatic carbocycles. The average Bonchev–Trinajstić information content (AvgIpc) is 2.39. The normalized spacial score (nSPS) is 20.0. The molecule has 0 radical (unpaired) electrons. The third-order valence-electron chi connectivity index (χ3n) is 5.30. The number of halogens is 1. The number of benzene rings is 1. The van der Waals surface area contributed by atoms with Gasteiger partial charge in [0, 0.05) is 44.3 Å². The van der Waals surface area contributed by atoms with Gasteiger partial charge in [0.2, 0.25) is 0 Å². The maximum Gasteiger partial charge on any atom is 0.275 e. The van der Waals surface area contributed by atoms with Gasteiger partial charge in [-0.15, -0.1) is 0 Å². The number of nitrogens with zero attached hydrogens (tertiary/aromatic N) is 3. The first kappa shape index (κ1) is 14.0. The van der Waals surface area contributed by atoms with Crippen molar-refractivity contribution in [1.29, 1.82) is 0 Å². The van der Waals surface area contributed by atoms with Crippen molar-refractivity contribution in [1.82, 2.24) is 15.1 Å². The highest BCUT2D eigenvalue weighted by Crippen LogP contribution is 2.47. The van der Waals surface area contributed by atoms with Crippen LogP contribution in [0.1, 0.15) is 12.8 Å². The summed E-state index contributed by atoms with van der Waals surface area (Å²) in [6, 6.07) is 4.34. The first-order valence-electron chi connectivity index (χ1n) is 7.59. The molecule has 2 aliphatic rings. The van der Waals surface area contributed by atoms with E-state index >= 15 is 0 Å². The van der Waals surface area contributed by atoms with Crippen LogP contribution in [-0.2, 0) is 7.05 Å². The summed E-state index contributed by atoms with van der Waals surface area (Å²) in [5.41, 5.74) is 1.41. The van der Waals surface area contributed by atoms with Crippen LogP contribution >= 0.6 is 11.6 Å². The first-order chi connectivity index (χ1) is 10.5. The molecule has 1 aromatic carbocycles. The van der Waals surface area contributed by atoms with E-state index in [1.807, 2.05) is 12.1 Å². The van der Waals surface area contributed by atoms with Crippen LogP contribution in [0.2, 0.25) is 5.02 Å². The number of hydrogen-bond acceptors (Lipinski definition) is 4. The van der Waals surface area contributed by atoms with E-state index in [1.54, 1.807) is 13.2 Å². The van der Waals surface area contributed by atoms with Crippen molar-refractivity contribution in [2.45, 2.75) is 18.9 Å². The molecule has 2 heterocycles. The third-order valence-corrected chi connectivity index (χ3v) is 5.62. The third kappa shape index (κ3) is 1.88. The zero-order valence-corrected chi connectivity index (χ0v) is 13.5. The minimum absolute atomic E-state index is 0.147. The minimum atomic E-state index is -0.147. The van der Waals surface area contributed by atoms with E-state index in [0.717, 1.165) is 24.2 Å². The van der Waals surface area contributed by atoms with Gasteiger partial charge in [0.05, 0.1) is 16.6 Å². The molecule has 0 unspecified atom stereocenters. The number of rotatable bonds is 2. The molecular formula is C16H19ClN4O. The Morgan fingerprint density at radius 3 is 2.77 bits per heavy atom. The van der Waals surface area contributed by atoms with Crippen LogP contribution in [-0.4, -0.2) is 36.0 Å². The highest BCUT2D eigenvalue weighted by molar-refractivity contribution is 6.35. The number of aryl methyl sites for hydroxylation is 1. The summed E-state index contributed by atoms with van der Waals surface area (Å²) in [6.45, 7) is 2.28. The van der Waals surface area contributed by atoms with Gasteiger partial charge in [0.25, 0.3) is 5.56 Å². The lowest BCUT2D eigenvalue weighted by Crippen LogP contribution is -2.64. The van der Waals surface area contributed by atoms with E-state index in [9.17, 15) is 4.79 Å². The summed E-state index contributed by atoms with van der Waals surface area (Å²) < 4.78 is 1.33. The second-order valence-electron chi connectivity index (χ2n) is 6.71. The Morgan fingerprint density at radius 1 is 1.41 bits per heavy atom. The van der Waals surface area contributed by atoms with Gasteiger partial charge in [0.15, 0.2) is 0 Å². The molecule has 1 saturated heterocycles. The summed E-state index contributed by atoms with van der Waals surface area (Å²) in [5.74, 6) is 0. The van der Waals surface area contributed by atoms with Crippen molar-refractivity contribution < 1.29 is 0 Å². The smallest absolute Gasteiger partial charge is 0.275 e. The lowest BCUT2D eigenvalue weighted by Gasteiger charge is -2.57. The van der Waals surface area contributed by atoms with Crippen LogP contribution in [0.4, 0.5) is 5.69 Å². The zero-order valence-electron chi connectivity index (χ0n) is 12.8. The van der Waals surface area contributed by atoms with Crippen molar-refractivity contribution in [2.75, 3.05) is 25.0 Å². The predicted octanol–water partition coefficient (Wildman–Crippen LogP) is 1.78. The number of aromatic nitrogens is 2. The fourth-order valence-electron chi connectivity index (χ4n) is 3.77. The van der Waals surface area contributed by atoms with Crippen LogP contribution in [0.25, 0.3) is 10.8 Å². The molecule has 1 saturated carbocycles. The summed E-state index contributed by atoms with van der Waals surface area (Å²) >= 11 is 6.25. The number of fused-ring (bicyclic) bond motifs is 1. The molecule has 1 N–H and O–H groups in total. The first-order valence-corrected chi connectivity index (χ1v) is 7.97. The van der Waals surface area contributed by atoms with Crippen molar-refractivity contribution >= 4 is 28.1 Å². The lowest BCUT2D eigenvalue weighted by atomic mass is 9.61. The maximum absolute atomic E-state index is 12.3. The van der Waals surface area contributed by atoms with Gasteiger partial charge >= 0.3 is 0 Å². The van der Waals surface area contributed by atoms with Gasteiger partial charge in [-0.05, 0) is 30.4 Å². The van der Waals surface area contributed by atoms with Crippen molar-refractivity contribution in [3.8, 4) is 0 Å². The zero-order chi connectivity index (χ0) is 15.5. The molecule has 2 aromatic rings. The van der Waals surface area contributed by atoms with E-state index in [1.165, 1.54) is 17.5 Å². The maximum atomic E-state index is 12.3. The molecule has 0 amide bonds. The minimum Gasteiger partial charge on any atom is -0.371 e. The van der Waals surface area contributed by atoms with Crippen LogP contribution in [0.3, 0.4) is 0 Å². The van der Waals surface area contributed by atoms with Crippen LogP contribution in [0.15, 0.2) is 23.1 Å². The predicted molar refractivity (Wildman–Crippen MR) is 88.7 cm³/mol. The van der Waals surface area contributed by atoms with E-state index in [4.69, 9.17) is 11.6 Å². The van der Waals surface area contributed by atoms with E-state index in [0.29, 0.717) is 21.9 Å². The van der Waals surface area contributed by atoms with E-state index in [2.05, 4.69) is 22.4 Å². The Balaban J connectivity index is 1.74. The quantitative estimate of drug-likeness (QED) is 0.917. The van der Waals surface area contributed by atoms with E-state index in [-0.39, 0.29) is 5.56 Å². The standard InChI is InChI=1S/C16H19ClN4O/c1-20(10-5-16(6-10)8-18-9-16)13-4-3-12(17)14-11(13)7-19-21(2)15(14)22/h3-4,7,10,18H,5-6,8-9H2,1-2H3. The molecule has 116 valence electrons. The van der Waals surface area contributed by atoms with Crippen molar-refractivity contribution in [3.05, 3.63) is 33.7 Å². The molecule has 1 aliphatic heterocycles. The highest BCUT2D eigenvalue weighted by atomic mass is 35.5. The van der Waals surface area contributed by atoms with Gasteiger partial charge in [-0.3, -0.25) is 4.79 Å².